The van der Waals surface area contributed by atoms with Crippen LogP contribution in [0.25, 0.3) is 0 Å². The van der Waals surface area contributed by atoms with E-state index in [0.29, 0.717) is 18.7 Å². The van der Waals surface area contributed by atoms with Crippen molar-refractivity contribution in [2.24, 2.45) is 16.8 Å². The molecule has 110 valence electrons. The molecule has 7 heteroatoms. The minimum atomic E-state index is -0.209. The number of nitrogens with zero attached hydrogens (tertiary/aromatic N) is 2. The van der Waals surface area contributed by atoms with E-state index < -0.39 is 0 Å². The van der Waals surface area contributed by atoms with Crippen LogP contribution in [0.5, 0.6) is 0 Å². The molecule has 0 spiro atoms. The zero-order chi connectivity index (χ0) is 15.3. The molecule has 0 aliphatic heterocycles. The monoisotopic (exact) mass is 405 g/mol. The molecule has 0 aliphatic rings. The Hall–Kier alpha value is -1.08. The fourth-order valence-corrected chi connectivity index (χ4v) is 3.03. The molecule has 0 aromatic heterocycles. The summed E-state index contributed by atoms with van der Waals surface area (Å²) in [5.74, 6) is -0.182. The highest BCUT2D eigenvalue weighted by atomic mass is 79.9. The Kier molecular flexibility index (Phi) is 6.48. The summed E-state index contributed by atoms with van der Waals surface area (Å²) in [4.78, 5) is 14.1. The number of carbonyl (C=O) groups is 1. The Bertz CT molecular complexity index is 500. The number of rotatable bonds is 5. The number of hydrogen-bond acceptors (Lipinski definition) is 3. The van der Waals surface area contributed by atoms with Gasteiger partial charge in [0.2, 0.25) is 0 Å². The Labute approximate surface area is 135 Å². The highest BCUT2D eigenvalue weighted by molar-refractivity contribution is 9.11. The normalized spacial score (nSPS) is 13.1. The van der Waals surface area contributed by atoms with Gasteiger partial charge >= 0.3 is 0 Å². The number of benzene rings is 1. The first-order valence-corrected chi connectivity index (χ1v) is 7.70. The molecule has 0 radical (unpaired) electrons. The summed E-state index contributed by atoms with van der Waals surface area (Å²) in [5, 5.41) is 11.6. The SMILES string of the molecule is CCN(CC(C)/C(N)=N/O)C(=O)c1cc(Br)cc(Br)c1. The quantitative estimate of drug-likeness (QED) is 0.341. The van der Waals surface area contributed by atoms with Crippen LogP contribution in [0.15, 0.2) is 32.3 Å². The van der Waals surface area contributed by atoms with Crippen molar-refractivity contribution in [3.8, 4) is 0 Å². The lowest BCUT2D eigenvalue weighted by Gasteiger charge is -2.24. The number of amidine groups is 1. The van der Waals surface area contributed by atoms with Crippen LogP contribution in [0, 0.1) is 5.92 Å². The number of oxime groups is 1. The Morgan fingerprint density at radius 2 is 1.95 bits per heavy atom. The van der Waals surface area contributed by atoms with Crippen molar-refractivity contribution in [3.05, 3.63) is 32.7 Å². The minimum Gasteiger partial charge on any atom is -0.409 e. The van der Waals surface area contributed by atoms with Crippen LogP contribution in [-0.4, -0.2) is 34.9 Å². The van der Waals surface area contributed by atoms with Gasteiger partial charge < -0.3 is 15.8 Å². The first-order chi connectivity index (χ1) is 9.38. The molecule has 0 saturated carbocycles. The van der Waals surface area contributed by atoms with E-state index in [2.05, 4.69) is 37.0 Å². The third-order valence-corrected chi connectivity index (χ3v) is 3.81. The lowest BCUT2D eigenvalue weighted by molar-refractivity contribution is 0.0753. The van der Waals surface area contributed by atoms with Gasteiger partial charge in [-0.05, 0) is 25.1 Å². The van der Waals surface area contributed by atoms with E-state index in [0.717, 1.165) is 8.95 Å². The van der Waals surface area contributed by atoms with Crippen molar-refractivity contribution in [1.29, 1.82) is 0 Å². The molecule has 1 aromatic carbocycles. The third kappa shape index (κ3) is 4.49. The summed E-state index contributed by atoms with van der Waals surface area (Å²) in [5.41, 5.74) is 6.14. The average molecular weight is 407 g/mol. The summed E-state index contributed by atoms with van der Waals surface area (Å²) in [7, 11) is 0. The van der Waals surface area contributed by atoms with E-state index in [9.17, 15) is 4.79 Å². The summed E-state index contributed by atoms with van der Waals surface area (Å²) >= 11 is 6.73. The minimum absolute atomic E-state index is 0.0907. The fraction of sp³-hybridized carbons (Fsp3) is 0.385. The topological polar surface area (TPSA) is 78.9 Å². The molecule has 20 heavy (non-hydrogen) atoms. The maximum Gasteiger partial charge on any atom is 0.253 e. The Balaban J connectivity index is 2.92. The average Bonchev–Trinajstić information content (AvgIpc) is 2.41. The molecule has 5 nitrogen and oxygen atoms in total. The van der Waals surface area contributed by atoms with Gasteiger partial charge in [0.15, 0.2) is 0 Å². The van der Waals surface area contributed by atoms with E-state index in [1.165, 1.54) is 0 Å². The largest absolute Gasteiger partial charge is 0.409 e. The van der Waals surface area contributed by atoms with Gasteiger partial charge in [-0.15, -0.1) is 0 Å². The van der Waals surface area contributed by atoms with E-state index in [-0.39, 0.29) is 17.7 Å². The van der Waals surface area contributed by atoms with E-state index in [1.807, 2.05) is 19.9 Å². The predicted molar refractivity (Wildman–Crippen MR) is 86.0 cm³/mol. The Morgan fingerprint density at radius 1 is 1.40 bits per heavy atom. The number of hydrogen-bond donors (Lipinski definition) is 2. The van der Waals surface area contributed by atoms with Gasteiger partial charge in [0.25, 0.3) is 5.91 Å². The zero-order valence-corrected chi connectivity index (χ0v) is 14.5. The first kappa shape index (κ1) is 17.0. The van der Waals surface area contributed by atoms with Gasteiger partial charge in [0, 0.05) is 33.5 Å². The molecule has 0 aliphatic carbocycles. The molecule has 0 saturated heterocycles. The number of nitrogens with two attached hydrogens (primary N) is 1. The molecule has 1 amide bonds. The lowest BCUT2D eigenvalue weighted by Crippen LogP contribution is -2.38. The van der Waals surface area contributed by atoms with Crippen molar-refractivity contribution < 1.29 is 10.0 Å². The molecule has 3 N–H and O–H groups in total. The Morgan fingerprint density at radius 3 is 2.40 bits per heavy atom. The molecular weight excluding hydrogens is 390 g/mol. The summed E-state index contributed by atoms with van der Waals surface area (Å²) in [6.07, 6.45) is 0. The molecule has 1 aromatic rings. The molecule has 0 heterocycles. The summed E-state index contributed by atoms with van der Waals surface area (Å²) < 4.78 is 1.66. The molecular formula is C13H17Br2N3O2. The predicted octanol–water partition coefficient (Wildman–Crippen LogP) is 3.06. The van der Waals surface area contributed by atoms with E-state index in [4.69, 9.17) is 10.9 Å². The van der Waals surface area contributed by atoms with Crippen LogP contribution in [0.4, 0.5) is 0 Å². The van der Waals surface area contributed by atoms with Crippen molar-refractivity contribution in [3.63, 3.8) is 0 Å². The molecule has 1 rings (SSSR count). The van der Waals surface area contributed by atoms with Gasteiger partial charge in [-0.25, -0.2) is 0 Å². The van der Waals surface area contributed by atoms with Crippen LogP contribution < -0.4 is 5.73 Å². The van der Waals surface area contributed by atoms with Crippen molar-refractivity contribution in [2.75, 3.05) is 13.1 Å². The smallest absolute Gasteiger partial charge is 0.253 e. The molecule has 0 fully saturated rings. The van der Waals surface area contributed by atoms with Crippen LogP contribution >= 0.6 is 31.9 Å². The maximum atomic E-state index is 12.5. The molecule has 1 unspecified atom stereocenters. The summed E-state index contributed by atoms with van der Waals surface area (Å²) in [6.45, 7) is 4.65. The van der Waals surface area contributed by atoms with Gasteiger partial charge in [0.05, 0.1) is 0 Å². The second-order valence-electron chi connectivity index (χ2n) is 4.43. The van der Waals surface area contributed by atoms with Crippen molar-refractivity contribution in [1.82, 2.24) is 4.90 Å². The second kappa shape index (κ2) is 7.64. The van der Waals surface area contributed by atoms with E-state index >= 15 is 0 Å². The van der Waals surface area contributed by atoms with Crippen molar-refractivity contribution >= 4 is 43.6 Å². The highest BCUT2D eigenvalue weighted by Gasteiger charge is 2.19. The van der Waals surface area contributed by atoms with Crippen LogP contribution in [0.3, 0.4) is 0 Å². The molecule has 1 atom stereocenters. The third-order valence-electron chi connectivity index (χ3n) is 2.89. The second-order valence-corrected chi connectivity index (χ2v) is 6.26. The number of amides is 1. The summed E-state index contributed by atoms with van der Waals surface area (Å²) in [6, 6.07) is 5.40. The van der Waals surface area contributed by atoms with E-state index in [1.54, 1.807) is 17.0 Å². The maximum absolute atomic E-state index is 12.5. The van der Waals surface area contributed by atoms with Crippen LogP contribution in [0.2, 0.25) is 0 Å². The lowest BCUT2D eigenvalue weighted by atomic mass is 10.1. The van der Waals surface area contributed by atoms with Crippen LogP contribution in [0.1, 0.15) is 24.2 Å². The van der Waals surface area contributed by atoms with Crippen molar-refractivity contribution in [2.45, 2.75) is 13.8 Å². The van der Waals surface area contributed by atoms with Gasteiger partial charge in [-0.3, -0.25) is 4.79 Å². The number of carbonyl (C=O) groups excluding carboxylic acids is 1. The number of halogens is 2. The van der Waals surface area contributed by atoms with Gasteiger partial charge in [-0.2, -0.15) is 0 Å². The fourth-order valence-electron chi connectivity index (χ4n) is 1.74. The first-order valence-electron chi connectivity index (χ1n) is 6.11. The highest BCUT2D eigenvalue weighted by Crippen LogP contribution is 2.21. The standard InChI is InChI=1S/C13H17Br2N3O2/c1-3-18(7-8(2)12(16)17-20)13(19)9-4-10(14)6-11(15)5-9/h4-6,8,20H,3,7H2,1-2H3,(H2,16,17). The zero-order valence-electron chi connectivity index (χ0n) is 11.3. The van der Waals surface area contributed by atoms with Gasteiger partial charge in [-0.1, -0.05) is 43.9 Å². The van der Waals surface area contributed by atoms with Gasteiger partial charge in [0.1, 0.15) is 5.84 Å². The van der Waals surface area contributed by atoms with Crippen LogP contribution in [-0.2, 0) is 0 Å². The molecule has 0 bridgehead atoms.